The van der Waals surface area contributed by atoms with Gasteiger partial charge in [-0.05, 0) is 25.0 Å². The number of aryl methyl sites for hydroxylation is 1. The lowest BCUT2D eigenvalue weighted by Gasteiger charge is -2.38. The number of hydrogen-bond acceptors (Lipinski definition) is 6. The predicted octanol–water partition coefficient (Wildman–Crippen LogP) is 0.779. The second kappa shape index (κ2) is 9.24. The van der Waals surface area contributed by atoms with Crippen LogP contribution in [0.5, 0.6) is 0 Å². The molecular weight excluding hydrogens is 378 g/mol. The summed E-state index contributed by atoms with van der Waals surface area (Å²) in [7, 11) is -1.43. The second-order valence-electron chi connectivity index (χ2n) is 7.69. The Kier molecular flexibility index (Phi) is 6.95. The van der Waals surface area contributed by atoms with Gasteiger partial charge in [-0.1, -0.05) is 18.2 Å². The Morgan fingerprint density at radius 3 is 2.54 bits per heavy atom. The topological polar surface area (TPSA) is 70.2 Å². The van der Waals surface area contributed by atoms with E-state index in [4.69, 9.17) is 4.74 Å². The molecule has 8 heteroatoms. The quantitative estimate of drug-likeness (QED) is 0.663. The zero-order valence-corrected chi connectivity index (χ0v) is 17.7. The molecule has 28 heavy (non-hydrogen) atoms. The van der Waals surface area contributed by atoms with Crippen molar-refractivity contribution >= 4 is 21.4 Å². The van der Waals surface area contributed by atoms with Crippen LogP contribution in [0.25, 0.3) is 0 Å². The van der Waals surface area contributed by atoms with Crippen molar-refractivity contribution in [2.45, 2.75) is 19.4 Å². The smallest absolute Gasteiger partial charge is 0.237 e. The first-order valence-corrected chi connectivity index (χ1v) is 11.7. The van der Waals surface area contributed by atoms with Gasteiger partial charge in [0.05, 0.1) is 24.7 Å². The Morgan fingerprint density at radius 1 is 1.21 bits per heavy atom. The Morgan fingerprint density at radius 2 is 1.93 bits per heavy atom. The number of amides is 1. The molecule has 2 saturated heterocycles. The molecule has 0 unspecified atom stereocenters. The van der Waals surface area contributed by atoms with E-state index < -0.39 is 9.84 Å². The largest absolute Gasteiger partial charge is 0.383 e. The first kappa shape index (κ1) is 21.1. The minimum Gasteiger partial charge on any atom is -0.383 e. The molecule has 2 aliphatic rings. The van der Waals surface area contributed by atoms with Crippen LogP contribution in [0.1, 0.15) is 12.0 Å². The molecular formula is C20H31N3O4S. The highest BCUT2D eigenvalue weighted by atomic mass is 32.2. The lowest BCUT2D eigenvalue weighted by atomic mass is 10.1. The number of piperazine rings is 1. The van der Waals surface area contributed by atoms with Crippen molar-refractivity contribution in [1.29, 1.82) is 0 Å². The minimum atomic E-state index is -3.03. The molecule has 7 nitrogen and oxygen atoms in total. The Balaban J connectivity index is 1.56. The summed E-state index contributed by atoms with van der Waals surface area (Å²) in [5.41, 5.74) is 2.52. The van der Waals surface area contributed by atoms with Gasteiger partial charge in [0.2, 0.25) is 5.91 Å². The number of anilines is 1. The van der Waals surface area contributed by atoms with Gasteiger partial charge in [0.25, 0.3) is 0 Å². The van der Waals surface area contributed by atoms with E-state index >= 15 is 0 Å². The van der Waals surface area contributed by atoms with E-state index in [2.05, 4.69) is 34.9 Å². The highest BCUT2D eigenvalue weighted by Crippen LogP contribution is 2.21. The van der Waals surface area contributed by atoms with Crippen molar-refractivity contribution in [3.8, 4) is 0 Å². The second-order valence-corrected chi connectivity index (χ2v) is 9.92. The van der Waals surface area contributed by atoms with Crippen LogP contribution in [0.4, 0.5) is 5.69 Å². The van der Waals surface area contributed by atoms with Gasteiger partial charge in [-0.15, -0.1) is 0 Å². The van der Waals surface area contributed by atoms with Crippen molar-refractivity contribution < 1.29 is 17.9 Å². The molecule has 1 aromatic carbocycles. The van der Waals surface area contributed by atoms with Crippen molar-refractivity contribution in [2.24, 2.45) is 0 Å². The molecule has 2 heterocycles. The number of carbonyl (C=O) groups is 1. The van der Waals surface area contributed by atoms with Crippen LogP contribution in [0, 0.1) is 6.92 Å². The molecule has 0 spiro atoms. The highest BCUT2D eigenvalue weighted by Gasteiger charge is 2.35. The summed E-state index contributed by atoms with van der Waals surface area (Å²) in [4.78, 5) is 19.2. The maximum absolute atomic E-state index is 12.9. The number of para-hydroxylation sites is 1. The molecule has 0 saturated carbocycles. The standard InChI is InChI=1S/C20H31N3O4S/c1-17-5-3-4-6-19(17)22-10-8-21(9-11-22)15-20(24)23(12-13-27-2)18-7-14-28(25,26)16-18/h3-6,18H,7-16H2,1-2H3/t18-/m0/s1. The van der Waals surface area contributed by atoms with E-state index in [1.54, 1.807) is 12.0 Å². The first-order chi connectivity index (χ1) is 13.4. The maximum atomic E-state index is 12.9. The summed E-state index contributed by atoms with van der Waals surface area (Å²) in [5.74, 6) is 0.246. The third kappa shape index (κ3) is 5.24. The predicted molar refractivity (Wildman–Crippen MR) is 110 cm³/mol. The zero-order valence-electron chi connectivity index (χ0n) is 16.8. The lowest BCUT2D eigenvalue weighted by molar-refractivity contribution is -0.135. The van der Waals surface area contributed by atoms with E-state index in [9.17, 15) is 13.2 Å². The summed E-state index contributed by atoms with van der Waals surface area (Å²) >= 11 is 0. The van der Waals surface area contributed by atoms with Crippen LogP contribution in [0.15, 0.2) is 24.3 Å². The van der Waals surface area contributed by atoms with Crippen LogP contribution in [-0.4, -0.2) is 94.7 Å². The third-order valence-corrected chi connectivity index (χ3v) is 7.44. The molecule has 0 radical (unpaired) electrons. The highest BCUT2D eigenvalue weighted by molar-refractivity contribution is 7.91. The maximum Gasteiger partial charge on any atom is 0.237 e. The Bertz CT molecular complexity index is 775. The van der Waals surface area contributed by atoms with Gasteiger partial charge in [0, 0.05) is 51.6 Å². The summed E-state index contributed by atoms with van der Waals surface area (Å²) < 4.78 is 28.8. The fourth-order valence-corrected chi connectivity index (χ4v) is 5.80. The summed E-state index contributed by atoms with van der Waals surface area (Å²) in [6.45, 7) is 6.73. The van der Waals surface area contributed by atoms with E-state index in [0.29, 0.717) is 26.1 Å². The molecule has 1 atom stereocenters. The number of methoxy groups -OCH3 is 1. The van der Waals surface area contributed by atoms with Crippen molar-refractivity contribution in [1.82, 2.24) is 9.80 Å². The van der Waals surface area contributed by atoms with Gasteiger partial charge >= 0.3 is 0 Å². The van der Waals surface area contributed by atoms with Crippen molar-refractivity contribution in [3.05, 3.63) is 29.8 Å². The van der Waals surface area contributed by atoms with Gasteiger partial charge in [0.15, 0.2) is 9.84 Å². The monoisotopic (exact) mass is 409 g/mol. The van der Waals surface area contributed by atoms with E-state index in [1.807, 2.05) is 6.07 Å². The van der Waals surface area contributed by atoms with Crippen LogP contribution >= 0.6 is 0 Å². The first-order valence-electron chi connectivity index (χ1n) is 9.91. The molecule has 2 aliphatic heterocycles. The lowest BCUT2D eigenvalue weighted by Crippen LogP contribution is -2.52. The summed E-state index contributed by atoms with van der Waals surface area (Å²) in [6.07, 6.45) is 0.527. The van der Waals surface area contributed by atoms with E-state index in [1.165, 1.54) is 11.3 Å². The fourth-order valence-electron chi connectivity index (χ4n) is 4.07. The molecule has 3 rings (SSSR count). The van der Waals surface area contributed by atoms with E-state index in [0.717, 1.165) is 26.2 Å². The van der Waals surface area contributed by atoms with Crippen LogP contribution in [0.3, 0.4) is 0 Å². The molecule has 0 aliphatic carbocycles. The number of nitrogens with zero attached hydrogens (tertiary/aromatic N) is 3. The van der Waals surface area contributed by atoms with Crippen LogP contribution < -0.4 is 4.90 Å². The number of hydrogen-bond donors (Lipinski definition) is 0. The molecule has 0 aromatic heterocycles. The van der Waals surface area contributed by atoms with Crippen molar-refractivity contribution in [3.63, 3.8) is 0 Å². The van der Waals surface area contributed by atoms with Gasteiger partial charge < -0.3 is 14.5 Å². The number of benzene rings is 1. The van der Waals surface area contributed by atoms with Gasteiger partial charge in [0.1, 0.15) is 0 Å². The molecule has 2 fully saturated rings. The molecule has 156 valence electrons. The van der Waals surface area contributed by atoms with Gasteiger partial charge in [-0.2, -0.15) is 0 Å². The Hall–Kier alpha value is -1.64. The molecule has 1 aromatic rings. The number of ether oxygens (including phenoxy) is 1. The van der Waals surface area contributed by atoms with Gasteiger partial charge in [-0.3, -0.25) is 9.69 Å². The van der Waals surface area contributed by atoms with Gasteiger partial charge in [-0.25, -0.2) is 8.42 Å². The number of carbonyl (C=O) groups excluding carboxylic acids is 1. The molecule has 1 amide bonds. The molecule has 0 N–H and O–H groups in total. The van der Waals surface area contributed by atoms with E-state index in [-0.39, 0.29) is 23.5 Å². The third-order valence-electron chi connectivity index (χ3n) is 5.69. The van der Waals surface area contributed by atoms with Crippen molar-refractivity contribution in [2.75, 3.05) is 69.4 Å². The SMILES string of the molecule is COCCN(C(=O)CN1CCN(c2ccccc2C)CC1)[C@H]1CCS(=O)(=O)C1. The average molecular weight is 410 g/mol. The Labute approximate surface area is 168 Å². The fraction of sp³-hybridized carbons (Fsp3) is 0.650. The number of rotatable bonds is 7. The van der Waals surface area contributed by atoms with Crippen LogP contribution in [0.2, 0.25) is 0 Å². The molecule has 0 bridgehead atoms. The normalized spacial score (nSPS) is 22.4. The summed E-state index contributed by atoms with van der Waals surface area (Å²) in [6, 6.07) is 8.14. The minimum absolute atomic E-state index is 0.00323. The zero-order chi connectivity index (χ0) is 20.1. The number of sulfone groups is 1. The summed E-state index contributed by atoms with van der Waals surface area (Å²) in [5, 5.41) is 0. The van der Waals surface area contributed by atoms with Crippen LogP contribution in [-0.2, 0) is 19.4 Å². The average Bonchev–Trinajstić information content (AvgIpc) is 3.03.